The van der Waals surface area contributed by atoms with E-state index in [1.165, 1.54) is 32.0 Å². The number of benzene rings is 1. The third-order valence-corrected chi connectivity index (χ3v) is 7.64. The minimum absolute atomic E-state index is 0.125. The fourth-order valence-corrected chi connectivity index (χ4v) is 5.54. The number of anilines is 2. The highest BCUT2D eigenvalue weighted by Gasteiger charge is 2.27. The van der Waals surface area contributed by atoms with Crippen LogP contribution in [-0.2, 0) is 13.0 Å². The van der Waals surface area contributed by atoms with Crippen LogP contribution in [0.3, 0.4) is 0 Å². The molecule has 0 radical (unpaired) electrons. The average Bonchev–Trinajstić information content (AvgIpc) is 3.54. The third-order valence-electron chi connectivity index (χ3n) is 7.35. The van der Waals surface area contributed by atoms with Crippen LogP contribution in [0.15, 0.2) is 30.7 Å². The van der Waals surface area contributed by atoms with Crippen molar-refractivity contribution in [3.8, 4) is 11.3 Å². The fraction of sp³-hybridized carbons (Fsp3) is 0.500. The van der Waals surface area contributed by atoms with E-state index in [0.29, 0.717) is 11.7 Å². The Labute approximate surface area is 211 Å². The molecule has 2 N–H and O–H groups in total. The first-order valence-corrected chi connectivity index (χ1v) is 13.0. The van der Waals surface area contributed by atoms with E-state index in [1.54, 1.807) is 18.5 Å². The number of piperidine rings is 1. The molecule has 4 heterocycles. The lowest BCUT2D eigenvalue weighted by molar-refractivity contribution is 0.317. The second kappa shape index (κ2) is 10.5. The lowest BCUT2D eigenvalue weighted by atomic mass is 9.95. The number of aromatic nitrogens is 4. The maximum Gasteiger partial charge on any atom is 0.141 e. The van der Waals surface area contributed by atoms with Crippen LogP contribution in [0.5, 0.6) is 0 Å². The van der Waals surface area contributed by atoms with Crippen molar-refractivity contribution in [2.24, 2.45) is 0 Å². The Balaban J connectivity index is 1.37. The highest BCUT2D eigenvalue weighted by Crippen LogP contribution is 2.34. The number of hydrogen-bond donors (Lipinski definition) is 1. The van der Waals surface area contributed by atoms with Gasteiger partial charge in [-0.2, -0.15) is 0 Å². The molecular formula is C26H33ClFN7. The summed E-state index contributed by atoms with van der Waals surface area (Å²) in [4.78, 5) is 18.6. The molecule has 2 aliphatic heterocycles. The first kappa shape index (κ1) is 24.0. The Bertz CT molecular complexity index is 1170. The van der Waals surface area contributed by atoms with Crippen molar-refractivity contribution < 1.29 is 4.39 Å². The zero-order valence-electron chi connectivity index (χ0n) is 20.3. The monoisotopic (exact) mass is 497 g/mol. The first-order chi connectivity index (χ1) is 17.0. The summed E-state index contributed by atoms with van der Waals surface area (Å²) in [6, 6.07) is 4.84. The molecule has 0 bridgehead atoms. The van der Waals surface area contributed by atoms with Crippen molar-refractivity contribution in [2.75, 3.05) is 43.4 Å². The molecule has 7 nitrogen and oxygen atoms in total. The third kappa shape index (κ3) is 5.14. The molecule has 0 saturated carbocycles. The minimum atomic E-state index is -0.409. The number of nitrogen functional groups attached to an aromatic ring is 1. The lowest BCUT2D eigenvalue weighted by Gasteiger charge is -2.34. The van der Waals surface area contributed by atoms with Gasteiger partial charge in [0.05, 0.1) is 10.7 Å². The summed E-state index contributed by atoms with van der Waals surface area (Å²) >= 11 is 6.08. The van der Waals surface area contributed by atoms with Crippen LogP contribution in [0.25, 0.3) is 11.3 Å². The summed E-state index contributed by atoms with van der Waals surface area (Å²) in [5, 5.41) is 0.125. The number of halogens is 2. The van der Waals surface area contributed by atoms with Gasteiger partial charge in [0, 0.05) is 49.4 Å². The van der Waals surface area contributed by atoms with Gasteiger partial charge >= 0.3 is 0 Å². The number of hydrogen-bond acceptors (Lipinski definition) is 6. The van der Waals surface area contributed by atoms with E-state index in [9.17, 15) is 4.39 Å². The summed E-state index contributed by atoms with van der Waals surface area (Å²) in [5.74, 6) is 2.57. The van der Waals surface area contributed by atoms with Crippen molar-refractivity contribution >= 4 is 23.2 Å². The SMILES string of the molecule is CCc1c(N)ncnc1N1CCC(c2nc(-c3ccc(F)c(Cl)c3)cn2CCN2CCCC2)CC1. The van der Waals surface area contributed by atoms with E-state index in [4.69, 9.17) is 22.3 Å². The number of nitrogens with two attached hydrogens (primary N) is 1. The second-order valence-corrected chi connectivity index (χ2v) is 9.94. The zero-order chi connectivity index (χ0) is 24.4. The summed E-state index contributed by atoms with van der Waals surface area (Å²) in [6.45, 7) is 8.14. The maximum atomic E-state index is 13.8. The molecule has 186 valence electrons. The largest absolute Gasteiger partial charge is 0.383 e. The van der Waals surface area contributed by atoms with E-state index in [-0.39, 0.29) is 5.02 Å². The maximum absolute atomic E-state index is 13.8. The first-order valence-electron chi connectivity index (χ1n) is 12.6. The number of nitrogens with zero attached hydrogens (tertiary/aromatic N) is 6. The van der Waals surface area contributed by atoms with Crippen molar-refractivity contribution in [1.29, 1.82) is 0 Å². The standard InChI is InChI=1S/C26H33ClFN7/c1-2-20-24(29)30-17-31-26(20)34-11-7-18(8-12-34)25-32-23(19-5-6-22(28)21(27)15-19)16-35(25)14-13-33-9-3-4-10-33/h5-6,15-18H,2-4,7-14H2,1H3,(H2,29,30,31). The van der Waals surface area contributed by atoms with E-state index >= 15 is 0 Å². The molecule has 0 spiro atoms. The van der Waals surface area contributed by atoms with Gasteiger partial charge in [-0.3, -0.25) is 0 Å². The van der Waals surface area contributed by atoms with E-state index in [1.807, 2.05) is 0 Å². The molecule has 5 rings (SSSR count). The molecule has 2 fully saturated rings. The van der Waals surface area contributed by atoms with Crippen LogP contribution in [0.2, 0.25) is 5.02 Å². The van der Waals surface area contributed by atoms with Crippen LogP contribution < -0.4 is 10.6 Å². The molecular weight excluding hydrogens is 465 g/mol. The number of likely N-dealkylation sites (tertiary alicyclic amines) is 1. The van der Waals surface area contributed by atoms with Gasteiger partial charge in [0.15, 0.2) is 0 Å². The molecule has 2 aliphatic rings. The predicted octanol–water partition coefficient (Wildman–Crippen LogP) is 4.76. The van der Waals surface area contributed by atoms with Crippen LogP contribution in [0.4, 0.5) is 16.0 Å². The van der Waals surface area contributed by atoms with Gasteiger partial charge in [-0.25, -0.2) is 19.3 Å². The van der Waals surface area contributed by atoms with Gasteiger partial charge in [-0.05, 0) is 63.4 Å². The van der Waals surface area contributed by atoms with Crippen LogP contribution in [-0.4, -0.2) is 57.1 Å². The summed E-state index contributed by atoms with van der Waals surface area (Å²) in [5.41, 5.74) is 8.83. The van der Waals surface area contributed by atoms with E-state index in [0.717, 1.165) is 73.9 Å². The quantitative estimate of drug-likeness (QED) is 0.507. The van der Waals surface area contributed by atoms with Crippen molar-refractivity contribution in [3.05, 3.63) is 53.0 Å². The van der Waals surface area contributed by atoms with Crippen LogP contribution in [0, 0.1) is 5.82 Å². The molecule has 1 aromatic carbocycles. The molecule has 0 amide bonds. The normalized spacial score (nSPS) is 17.4. The molecule has 3 aromatic rings. The van der Waals surface area contributed by atoms with Gasteiger partial charge in [0.25, 0.3) is 0 Å². The van der Waals surface area contributed by atoms with Crippen LogP contribution >= 0.6 is 11.6 Å². The molecule has 2 saturated heterocycles. The van der Waals surface area contributed by atoms with Gasteiger partial charge in [-0.1, -0.05) is 18.5 Å². The van der Waals surface area contributed by atoms with Gasteiger partial charge in [0.2, 0.25) is 0 Å². The van der Waals surface area contributed by atoms with Crippen molar-refractivity contribution in [3.63, 3.8) is 0 Å². The molecule has 0 aliphatic carbocycles. The summed E-state index contributed by atoms with van der Waals surface area (Å²) in [7, 11) is 0. The Morgan fingerprint density at radius 2 is 1.86 bits per heavy atom. The molecule has 35 heavy (non-hydrogen) atoms. The van der Waals surface area contributed by atoms with Crippen LogP contribution in [0.1, 0.15) is 49.9 Å². The van der Waals surface area contributed by atoms with Gasteiger partial charge < -0.3 is 20.1 Å². The molecule has 0 unspecified atom stereocenters. The number of imidazole rings is 1. The Morgan fingerprint density at radius 1 is 1.09 bits per heavy atom. The Kier molecular flexibility index (Phi) is 7.20. The van der Waals surface area contributed by atoms with E-state index in [2.05, 4.69) is 37.5 Å². The average molecular weight is 498 g/mol. The predicted molar refractivity (Wildman–Crippen MR) is 138 cm³/mol. The zero-order valence-corrected chi connectivity index (χ0v) is 21.0. The fourth-order valence-electron chi connectivity index (χ4n) is 5.36. The van der Waals surface area contributed by atoms with E-state index < -0.39 is 5.82 Å². The van der Waals surface area contributed by atoms with Crippen molar-refractivity contribution in [1.82, 2.24) is 24.4 Å². The smallest absolute Gasteiger partial charge is 0.141 e. The molecule has 0 atom stereocenters. The van der Waals surface area contributed by atoms with Gasteiger partial charge in [0.1, 0.15) is 29.6 Å². The highest BCUT2D eigenvalue weighted by molar-refractivity contribution is 6.31. The summed E-state index contributed by atoms with van der Waals surface area (Å²) < 4.78 is 16.1. The topological polar surface area (TPSA) is 76.1 Å². The Hall–Kier alpha value is -2.71. The number of rotatable bonds is 7. The molecule has 2 aromatic heterocycles. The summed E-state index contributed by atoms with van der Waals surface area (Å²) in [6.07, 6.45) is 9.01. The second-order valence-electron chi connectivity index (χ2n) is 9.53. The Morgan fingerprint density at radius 3 is 2.57 bits per heavy atom. The minimum Gasteiger partial charge on any atom is -0.383 e. The van der Waals surface area contributed by atoms with Gasteiger partial charge in [-0.15, -0.1) is 0 Å². The lowest BCUT2D eigenvalue weighted by Crippen LogP contribution is -2.35. The highest BCUT2D eigenvalue weighted by atomic mass is 35.5. The van der Waals surface area contributed by atoms with Crippen molar-refractivity contribution in [2.45, 2.75) is 51.5 Å². The molecule has 9 heteroatoms.